The number of ether oxygens (including phenoxy) is 1. The number of nitrogens with zero attached hydrogens (tertiary/aromatic N) is 2. The third kappa shape index (κ3) is 3.28. The van der Waals surface area contributed by atoms with Crippen molar-refractivity contribution in [2.75, 3.05) is 6.61 Å². The molecular weight excluding hydrogens is 240 g/mol. The Hall–Kier alpha value is -1.90. The van der Waals surface area contributed by atoms with Crippen molar-refractivity contribution < 1.29 is 14.3 Å². The van der Waals surface area contributed by atoms with Gasteiger partial charge < -0.3 is 10.3 Å². The second-order valence-corrected chi connectivity index (χ2v) is 3.59. The number of benzene rings is 1. The molecule has 0 aromatic heterocycles. The molecule has 0 N–H and O–H groups in total. The fourth-order valence-corrected chi connectivity index (χ4v) is 1.34. The number of carbonyl (C=O) groups is 1. The van der Waals surface area contributed by atoms with Gasteiger partial charge in [0.15, 0.2) is 0 Å². The normalized spacial score (nSPS) is 9.29. The molecule has 4 nitrogen and oxygen atoms in total. The molecule has 0 unspecified atom stereocenters. The Morgan fingerprint density at radius 3 is 2.53 bits per heavy atom. The van der Waals surface area contributed by atoms with E-state index in [4.69, 9.17) is 21.9 Å². The van der Waals surface area contributed by atoms with Crippen molar-refractivity contribution in [3.05, 3.63) is 47.0 Å². The zero-order valence-electron chi connectivity index (χ0n) is 9.31. The molecule has 0 amide bonds. The fraction of sp³-hybridized carbons (Fsp3) is 0.167. The lowest BCUT2D eigenvalue weighted by atomic mass is 10.0. The Balaban J connectivity index is 2.99. The molecule has 0 aliphatic carbocycles. The van der Waals surface area contributed by atoms with Crippen LogP contribution in [0, 0.1) is 0 Å². The number of esters is 1. The van der Waals surface area contributed by atoms with Gasteiger partial charge in [-0.15, -0.1) is 0 Å². The number of hydrogen-bond donors (Lipinski definition) is 0. The van der Waals surface area contributed by atoms with Crippen LogP contribution in [-0.4, -0.2) is 23.1 Å². The molecule has 0 aliphatic rings. The lowest BCUT2D eigenvalue weighted by Crippen LogP contribution is -2.19. The van der Waals surface area contributed by atoms with E-state index in [0.29, 0.717) is 10.6 Å². The first kappa shape index (κ1) is 13.2. The zero-order valence-corrected chi connectivity index (χ0v) is 10.1. The van der Waals surface area contributed by atoms with E-state index >= 15 is 0 Å². The molecule has 0 heterocycles. The van der Waals surface area contributed by atoms with Crippen LogP contribution in [0.4, 0.5) is 0 Å². The Bertz CT molecular complexity index is 488. The van der Waals surface area contributed by atoms with E-state index in [1.165, 1.54) is 0 Å². The van der Waals surface area contributed by atoms with E-state index in [1.807, 2.05) is 0 Å². The Labute approximate surface area is 104 Å². The van der Waals surface area contributed by atoms with E-state index in [-0.39, 0.29) is 17.9 Å². The SMILES string of the molecule is C=C(C(=[N+]=[N-])C(=O)OCC)c1ccc(Cl)cc1. The summed E-state index contributed by atoms with van der Waals surface area (Å²) in [4.78, 5) is 14.4. The first-order valence-corrected chi connectivity index (χ1v) is 5.32. The highest BCUT2D eigenvalue weighted by Crippen LogP contribution is 2.17. The van der Waals surface area contributed by atoms with Gasteiger partial charge in [0, 0.05) is 5.02 Å². The van der Waals surface area contributed by atoms with Gasteiger partial charge in [0.05, 0.1) is 12.2 Å². The maximum absolute atomic E-state index is 11.5. The molecule has 0 saturated heterocycles. The van der Waals surface area contributed by atoms with Crippen LogP contribution in [0.25, 0.3) is 11.1 Å². The highest BCUT2D eigenvalue weighted by Gasteiger charge is 2.26. The molecule has 0 fully saturated rings. The maximum Gasteiger partial charge on any atom is 0.422 e. The second-order valence-electron chi connectivity index (χ2n) is 3.15. The predicted octanol–water partition coefficient (Wildman–Crippen LogP) is 2.59. The van der Waals surface area contributed by atoms with Crippen LogP contribution in [0.5, 0.6) is 0 Å². The summed E-state index contributed by atoms with van der Waals surface area (Å²) in [6, 6.07) is 6.66. The topological polar surface area (TPSA) is 62.7 Å². The van der Waals surface area contributed by atoms with Gasteiger partial charge in [-0.05, 0) is 24.6 Å². The minimum Gasteiger partial charge on any atom is -0.457 e. The molecule has 0 radical (unpaired) electrons. The molecule has 88 valence electrons. The van der Waals surface area contributed by atoms with E-state index in [2.05, 4.69) is 11.4 Å². The summed E-state index contributed by atoms with van der Waals surface area (Å²) in [7, 11) is 0. The third-order valence-corrected chi connectivity index (χ3v) is 2.30. The van der Waals surface area contributed by atoms with Crippen LogP contribution in [0.2, 0.25) is 5.02 Å². The van der Waals surface area contributed by atoms with Crippen LogP contribution >= 0.6 is 11.6 Å². The zero-order chi connectivity index (χ0) is 12.8. The standard InChI is InChI=1S/C12H11ClN2O2/c1-3-17-12(16)11(15-14)8(2)9-4-6-10(13)7-5-9/h4-7H,2-3H2,1H3. The first-order chi connectivity index (χ1) is 8.10. The van der Waals surface area contributed by atoms with E-state index in [1.54, 1.807) is 31.2 Å². The molecule has 1 rings (SSSR count). The summed E-state index contributed by atoms with van der Waals surface area (Å²) in [6.07, 6.45) is 0. The highest BCUT2D eigenvalue weighted by atomic mass is 35.5. The minimum absolute atomic E-state index is 0.200. The van der Waals surface area contributed by atoms with Crippen LogP contribution in [-0.2, 0) is 9.53 Å². The third-order valence-electron chi connectivity index (χ3n) is 2.05. The Kier molecular flexibility index (Phi) is 4.64. The van der Waals surface area contributed by atoms with Gasteiger partial charge >= 0.3 is 11.7 Å². The maximum atomic E-state index is 11.5. The van der Waals surface area contributed by atoms with Gasteiger partial charge in [0.25, 0.3) is 0 Å². The average Bonchev–Trinajstić information content (AvgIpc) is 2.31. The smallest absolute Gasteiger partial charge is 0.422 e. The van der Waals surface area contributed by atoms with Crippen molar-refractivity contribution in [2.45, 2.75) is 6.92 Å². The van der Waals surface area contributed by atoms with Crippen molar-refractivity contribution in [3.8, 4) is 0 Å². The van der Waals surface area contributed by atoms with Crippen LogP contribution < -0.4 is 0 Å². The molecule has 1 aromatic rings. The van der Waals surface area contributed by atoms with Crippen LogP contribution in [0.3, 0.4) is 0 Å². The van der Waals surface area contributed by atoms with Gasteiger partial charge in [-0.25, -0.2) is 4.79 Å². The molecule has 5 heteroatoms. The number of rotatable bonds is 4. The quantitative estimate of drug-likeness (QED) is 0.357. The minimum atomic E-state index is -0.713. The molecule has 1 aromatic carbocycles. The average molecular weight is 251 g/mol. The van der Waals surface area contributed by atoms with Crippen LogP contribution in [0.15, 0.2) is 30.8 Å². The molecule has 0 spiro atoms. The molecule has 0 bridgehead atoms. The predicted molar refractivity (Wildman–Crippen MR) is 65.7 cm³/mol. The van der Waals surface area contributed by atoms with Crippen molar-refractivity contribution >= 4 is 28.9 Å². The van der Waals surface area contributed by atoms with Crippen molar-refractivity contribution in [1.82, 2.24) is 0 Å². The molecule has 0 atom stereocenters. The monoisotopic (exact) mass is 250 g/mol. The summed E-state index contributed by atoms with van der Waals surface area (Å²) < 4.78 is 4.74. The van der Waals surface area contributed by atoms with E-state index < -0.39 is 5.97 Å². The van der Waals surface area contributed by atoms with Gasteiger partial charge in [0.1, 0.15) is 0 Å². The summed E-state index contributed by atoms with van der Waals surface area (Å²) in [5, 5.41) is 0.570. The molecule has 0 saturated carbocycles. The molecular formula is C12H11ClN2O2. The van der Waals surface area contributed by atoms with Crippen molar-refractivity contribution in [2.24, 2.45) is 0 Å². The van der Waals surface area contributed by atoms with Crippen molar-refractivity contribution in [3.63, 3.8) is 0 Å². The Morgan fingerprint density at radius 1 is 1.47 bits per heavy atom. The lowest BCUT2D eigenvalue weighted by molar-refractivity contribution is -0.139. The number of halogens is 1. The van der Waals surface area contributed by atoms with E-state index in [0.717, 1.165) is 0 Å². The number of carbonyl (C=O) groups excluding carboxylic acids is 1. The summed E-state index contributed by atoms with van der Waals surface area (Å²) in [5.41, 5.74) is 9.51. The summed E-state index contributed by atoms with van der Waals surface area (Å²) in [5.74, 6) is -0.713. The van der Waals surface area contributed by atoms with Gasteiger partial charge in [-0.3, -0.25) is 0 Å². The molecule has 0 aliphatic heterocycles. The lowest BCUT2D eigenvalue weighted by Gasteiger charge is -2.01. The second kappa shape index (κ2) is 5.99. The molecule has 17 heavy (non-hydrogen) atoms. The van der Waals surface area contributed by atoms with Crippen molar-refractivity contribution in [1.29, 1.82) is 0 Å². The van der Waals surface area contributed by atoms with E-state index in [9.17, 15) is 4.79 Å². The summed E-state index contributed by atoms with van der Waals surface area (Å²) >= 11 is 5.74. The highest BCUT2D eigenvalue weighted by molar-refractivity contribution is 6.51. The van der Waals surface area contributed by atoms with Gasteiger partial charge in [-0.2, -0.15) is 4.79 Å². The largest absolute Gasteiger partial charge is 0.457 e. The number of hydrogen-bond acceptors (Lipinski definition) is 2. The van der Waals surface area contributed by atoms with Gasteiger partial charge in [0.2, 0.25) is 0 Å². The fourth-order valence-electron chi connectivity index (χ4n) is 1.21. The van der Waals surface area contributed by atoms with Crippen LogP contribution in [0.1, 0.15) is 12.5 Å². The Morgan fingerprint density at radius 2 is 2.06 bits per heavy atom. The first-order valence-electron chi connectivity index (χ1n) is 4.94. The van der Waals surface area contributed by atoms with Gasteiger partial charge in [-0.1, -0.05) is 30.3 Å². The summed E-state index contributed by atoms with van der Waals surface area (Å²) in [6.45, 7) is 5.56.